The summed E-state index contributed by atoms with van der Waals surface area (Å²) in [4.78, 5) is 21.4. The SMILES string of the molecule is CC(C)(C)O.Cc1cc2nc(OCc3ccccc3)ccc2c(-c2ccc3c4c(ccnc24)CCO3)c1CC(=O)O. The molecule has 0 saturated heterocycles. The molecule has 7 nitrogen and oxygen atoms in total. The Labute approximate surface area is 239 Å². The lowest BCUT2D eigenvalue weighted by Gasteiger charge is -2.21. The molecule has 6 rings (SSSR count). The molecule has 1 aliphatic heterocycles. The molecule has 0 aliphatic carbocycles. The van der Waals surface area contributed by atoms with E-state index in [0.717, 1.165) is 61.8 Å². The summed E-state index contributed by atoms with van der Waals surface area (Å²) in [5.41, 5.74) is 6.66. The van der Waals surface area contributed by atoms with Crippen LogP contribution in [0.2, 0.25) is 0 Å². The number of carbonyl (C=O) groups is 1. The predicted octanol–water partition coefficient (Wildman–Crippen LogP) is 6.68. The maximum atomic E-state index is 11.9. The third-order valence-corrected chi connectivity index (χ3v) is 6.70. The summed E-state index contributed by atoms with van der Waals surface area (Å²) in [5.74, 6) is 0.453. The minimum atomic E-state index is -0.881. The number of aromatic nitrogens is 2. The number of aliphatic carboxylic acids is 1. The average Bonchev–Trinajstić information content (AvgIpc) is 2.93. The molecule has 0 saturated carbocycles. The molecule has 3 heterocycles. The van der Waals surface area contributed by atoms with Crippen LogP contribution in [0.4, 0.5) is 0 Å². The summed E-state index contributed by atoms with van der Waals surface area (Å²) in [6.45, 7) is 8.22. The van der Waals surface area contributed by atoms with Crippen molar-refractivity contribution in [2.24, 2.45) is 0 Å². The Morgan fingerprint density at radius 3 is 2.54 bits per heavy atom. The van der Waals surface area contributed by atoms with Gasteiger partial charge in [0.25, 0.3) is 0 Å². The highest BCUT2D eigenvalue weighted by molar-refractivity contribution is 6.07. The largest absolute Gasteiger partial charge is 0.493 e. The molecule has 5 aromatic rings. The van der Waals surface area contributed by atoms with Crippen molar-refractivity contribution in [3.8, 4) is 22.8 Å². The van der Waals surface area contributed by atoms with Gasteiger partial charge in [-0.2, -0.15) is 0 Å². The van der Waals surface area contributed by atoms with Crippen molar-refractivity contribution < 1.29 is 24.5 Å². The van der Waals surface area contributed by atoms with E-state index in [-0.39, 0.29) is 6.42 Å². The molecule has 0 fully saturated rings. The first-order chi connectivity index (χ1) is 19.6. The third kappa shape index (κ3) is 6.47. The van der Waals surface area contributed by atoms with Crippen LogP contribution in [-0.2, 0) is 24.2 Å². The zero-order valence-electron chi connectivity index (χ0n) is 23.8. The highest BCUT2D eigenvalue weighted by Gasteiger charge is 2.22. The number of aliphatic hydroxyl groups is 1. The van der Waals surface area contributed by atoms with Crippen molar-refractivity contribution in [2.75, 3.05) is 6.61 Å². The number of ether oxygens (including phenoxy) is 2. The summed E-state index contributed by atoms with van der Waals surface area (Å²) < 4.78 is 11.9. The van der Waals surface area contributed by atoms with E-state index in [2.05, 4.69) is 0 Å². The molecule has 41 heavy (non-hydrogen) atoms. The molecule has 0 atom stereocenters. The summed E-state index contributed by atoms with van der Waals surface area (Å²) in [5, 5.41) is 20.1. The normalized spacial score (nSPS) is 12.4. The second kappa shape index (κ2) is 11.6. The molecule has 3 aromatic carbocycles. The minimum Gasteiger partial charge on any atom is -0.493 e. The lowest BCUT2D eigenvalue weighted by molar-refractivity contribution is -0.136. The van der Waals surface area contributed by atoms with Crippen molar-refractivity contribution in [1.29, 1.82) is 0 Å². The number of fused-ring (bicyclic) bond motifs is 1. The number of hydrogen-bond donors (Lipinski definition) is 2. The lowest BCUT2D eigenvalue weighted by Crippen LogP contribution is -2.10. The third-order valence-electron chi connectivity index (χ3n) is 6.70. The number of hydrogen-bond acceptors (Lipinski definition) is 6. The van der Waals surface area contributed by atoms with Crippen LogP contribution in [0.3, 0.4) is 0 Å². The Morgan fingerprint density at radius 2 is 1.80 bits per heavy atom. The number of rotatable bonds is 6. The van der Waals surface area contributed by atoms with Crippen molar-refractivity contribution in [2.45, 2.75) is 52.7 Å². The standard InChI is InChI=1S/C30H24N2O4.C4H10O/c1-18-15-24-21(8-10-26(32-24)36-17-19-5-3-2-4-6-19)29(23(18)16-27(33)34)22-7-9-25-28-20(12-14-35-25)11-13-31-30(22)28;1-4(2,3)5/h2-11,13,15H,12,14,16-17H2,1H3,(H,33,34);5H,1-3H3. The van der Waals surface area contributed by atoms with Crippen molar-refractivity contribution in [3.63, 3.8) is 0 Å². The number of pyridine rings is 2. The van der Waals surface area contributed by atoms with Gasteiger partial charge >= 0.3 is 5.97 Å². The Balaban J connectivity index is 0.000000623. The number of benzene rings is 3. The number of carboxylic acids is 1. The zero-order chi connectivity index (χ0) is 29.1. The Kier molecular flexibility index (Phi) is 7.90. The molecule has 0 spiro atoms. The van der Waals surface area contributed by atoms with Crippen LogP contribution in [0.15, 0.2) is 72.9 Å². The average molecular weight is 551 g/mol. The Morgan fingerprint density at radius 1 is 1.05 bits per heavy atom. The Hall–Kier alpha value is -4.49. The first kappa shape index (κ1) is 28.1. The molecule has 0 radical (unpaired) electrons. The summed E-state index contributed by atoms with van der Waals surface area (Å²) in [6.07, 6.45) is 2.54. The van der Waals surface area contributed by atoms with Gasteiger partial charge in [0.15, 0.2) is 0 Å². The molecule has 7 heteroatoms. The van der Waals surface area contributed by atoms with Gasteiger partial charge in [-0.05, 0) is 85.8 Å². The van der Waals surface area contributed by atoms with E-state index in [1.165, 1.54) is 5.56 Å². The summed E-state index contributed by atoms with van der Waals surface area (Å²) in [7, 11) is 0. The van der Waals surface area contributed by atoms with Crippen LogP contribution < -0.4 is 9.47 Å². The molecule has 2 aromatic heterocycles. The predicted molar refractivity (Wildman–Crippen MR) is 161 cm³/mol. The monoisotopic (exact) mass is 550 g/mol. The van der Waals surface area contributed by atoms with Gasteiger partial charge in [-0.1, -0.05) is 30.3 Å². The maximum absolute atomic E-state index is 11.9. The number of aryl methyl sites for hydroxylation is 1. The van der Waals surface area contributed by atoms with Crippen LogP contribution in [0.25, 0.3) is 32.9 Å². The van der Waals surface area contributed by atoms with E-state index in [0.29, 0.717) is 19.1 Å². The van der Waals surface area contributed by atoms with Gasteiger partial charge in [0.05, 0.1) is 29.7 Å². The van der Waals surface area contributed by atoms with E-state index in [1.807, 2.05) is 79.9 Å². The first-order valence-electron chi connectivity index (χ1n) is 13.7. The topological polar surface area (TPSA) is 102 Å². The molecule has 2 N–H and O–H groups in total. The van der Waals surface area contributed by atoms with E-state index in [9.17, 15) is 9.90 Å². The number of carboxylic acid groups (broad SMARTS) is 1. The van der Waals surface area contributed by atoms with Crippen LogP contribution in [0.5, 0.6) is 11.6 Å². The Bertz CT molecular complexity index is 1710. The van der Waals surface area contributed by atoms with Gasteiger partial charge in [-0.15, -0.1) is 0 Å². The zero-order valence-corrected chi connectivity index (χ0v) is 23.8. The van der Waals surface area contributed by atoms with Gasteiger partial charge in [0.1, 0.15) is 12.4 Å². The molecule has 210 valence electrons. The first-order valence-corrected chi connectivity index (χ1v) is 13.7. The van der Waals surface area contributed by atoms with Gasteiger partial charge in [0.2, 0.25) is 5.88 Å². The quantitative estimate of drug-likeness (QED) is 0.243. The van der Waals surface area contributed by atoms with Crippen LogP contribution in [0.1, 0.15) is 43.0 Å². The van der Waals surface area contributed by atoms with E-state index in [1.54, 1.807) is 20.8 Å². The molecule has 0 unspecified atom stereocenters. The van der Waals surface area contributed by atoms with Gasteiger partial charge < -0.3 is 19.7 Å². The van der Waals surface area contributed by atoms with E-state index in [4.69, 9.17) is 24.5 Å². The van der Waals surface area contributed by atoms with Crippen LogP contribution >= 0.6 is 0 Å². The van der Waals surface area contributed by atoms with Crippen molar-refractivity contribution >= 4 is 27.8 Å². The summed E-state index contributed by atoms with van der Waals surface area (Å²) in [6, 6.07) is 21.7. The lowest BCUT2D eigenvalue weighted by atomic mass is 9.88. The second-order valence-electron chi connectivity index (χ2n) is 11.2. The van der Waals surface area contributed by atoms with Gasteiger partial charge in [-0.3, -0.25) is 9.78 Å². The fourth-order valence-electron chi connectivity index (χ4n) is 5.03. The molecule has 1 aliphatic rings. The van der Waals surface area contributed by atoms with Crippen LogP contribution in [-0.4, -0.2) is 38.4 Å². The smallest absolute Gasteiger partial charge is 0.307 e. The maximum Gasteiger partial charge on any atom is 0.307 e. The molecule has 0 bridgehead atoms. The highest BCUT2D eigenvalue weighted by Crippen LogP contribution is 2.42. The second-order valence-corrected chi connectivity index (χ2v) is 11.2. The van der Waals surface area contributed by atoms with E-state index >= 15 is 0 Å². The van der Waals surface area contributed by atoms with Crippen LogP contribution in [0, 0.1) is 6.92 Å². The molecular formula is C34H34N2O5. The van der Waals surface area contributed by atoms with Gasteiger partial charge in [0, 0.05) is 35.0 Å². The molecule has 0 amide bonds. The fraction of sp³-hybridized carbons (Fsp3) is 0.265. The van der Waals surface area contributed by atoms with E-state index < -0.39 is 11.6 Å². The number of nitrogens with zero attached hydrogens (tertiary/aromatic N) is 2. The summed E-state index contributed by atoms with van der Waals surface area (Å²) >= 11 is 0. The minimum absolute atomic E-state index is 0.0944. The van der Waals surface area contributed by atoms with Gasteiger partial charge in [-0.25, -0.2) is 4.98 Å². The fourth-order valence-corrected chi connectivity index (χ4v) is 5.03. The highest BCUT2D eigenvalue weighted by atomic mass is 16.5. The van der Waals surface area contributed by atoms with Crippen molar-refractivity contribution in [3.05, 3.63) is 95.2 Å². The van der Waals surface area contributed by atoms with Crippen molar-refractivity contribution in [1.82, 2.24) is 9.97 Å². The molecular weight excluding hydrogens is 516 g/mol.